The van der Waals surface area contributed by atoms with Gasteiger partial charge in [0.2, 0.25) is 0 Å². The summed E-state index contributed by atoms with van der Waals surface area (Å²) in [5.74, 6) is 1.04. The molecular weight excluding hydrogens is 150 g/mol. The average molecular weight is 171 g/mol. The highest BCUT2D eigenvalue weighted by Gasteiger charge is 2.02. The molecule has 0 bridgehead atoms. The molecule has 0 heterocycles. The minimum Gasteiger partial charge on any atom is -0.501 e. The minimum atomic E-state index is 1.02. The Bertz CT molecular complexity index is 148. The predicted molar refractivity (Wildman–Crippen MR) is 53.2 cm³/mol. The first-order chi connectivity index (χ1) is 5.65. The maximum atomic E-state index is 5.15. The van der Waals surface area contributed by atoms with Crippen molar-refractivity contribution in [3.05, 3.63) is 11.3 Å². The van der Waals surface area contributed by atoms with Crippen LogP contribution in [-0.2, 0) is 4.74 Å². The van der Waals surface area contributed by atoms with Crippen molar-refractivity contribution in [2.24, 2.45) is 0 Å². The smallest absolute Gasteiger partial charge is 0.0926 e. The van der Waals surface area contributed by atoms with Crippen LogP contribution in [0.3, 0.4) is 0 Å². The summed E-state index contributed by atoms with van der Waals surface area (Å²) in [6.07, 6.45) is 0. The van der Waals surface area contributed by atoms with Gasteiger partial charge in [-0.15, -0.1) is 0 Å². The van der Waals surface area contributed by atoms with Crippen molar-refractivity contribution >= 4 is 0 Å². The van der Waals surface area contributed by atoms with Gasteiger partial charge in [-0.3, -0.25) is 4.90 Å². The second-order valence-electron chi connectivity index (χ2n) is 3.00. The van der Waals surface area contributed by atoms with Gasteiger partial charge in [0.25, 0.3) is 0 Å². The first-order valence-electron chi connectivity index (χ1n) is 4.58. The van der Waals surface area contributed by atoms with E-state index in [1.165, 1.54) is 5.57 Å². The molecule has 0 radical (unpaired) electrons. The zero-order valence-electron chi connectivity index (χ0n) is 8.98. The van der Waals surface area contributed by atoms with Gasteiger partial charge in [-0.1, -0.05) is 13.8 Å². The lowest BCUT2D eigenvalue weighted by Gasteiger charge is -2.19. The third kappa shape index (κ3) is 3.77. The van der Waals surface area contributed by atoms with Crippen LogP contribution in [0.25, 0.3) is 0 Å². The molecule has 0 aromatic heterocycles. The lowest BCUT2D eigenvalue weighted by atomic mass is 10.2. The number of methoxy groups -OCH3 is 1. The van der Waals surface area contributed by atoms with Gasteiger partial charge >= 0.3 is 0 Å². The molecule has 0 fully saturated rings. The van der Waals surface area contributed by atoms with E-state index < -0.39 is 0 Å². The monoisotopic (exact) mass is 171 g/mol. The van der Waals surface area contributed by atoms with Crippen LogP contribution in [0.1, 0.15) is 27.7 Å². The van der Waals surface area contributed by atoms with Crippen molar-refractivity contribution in [1.82, 2.24) is 4.90 Å². The first-order valence-corrected chi connectivity index (χ1v) is 4.58. The Morgan fingerprint density at radius 3 is 2.00 bits per heavy atom. The van der Waals surface area contributed by atoms with Crippen molar-refractivity contribution < 1.29 is 4.74 Å². The normalized spacial score (nSPS) is 13.2. The van der Waals surface area contributed by atoms with E-state index in [9.17, 15) is 0 Å². The molecule has 0 rings (SSSR count). The Hall–Kier alpha value is -0.500. The van der Waals surface area contributed by atoms with Gasteiger partial charge < -0.3 is 4.74 Å². The van der Waals surface area contributed by atoms with Crippen molar-refractivity contribution in [1.29, 1.82) is 0 Å². The van der Waals surface area contributed by atoms with Crippen LogP contribution in [0.5, 0.6) is 0 Å². The fourth-order valence-corrected chi connectivity index (χ4v) is 1.07. The number of allylic oxidation sites excluding steroid dienone is 1. The van der Waals surface area contributed by atoms with E-state index in [1.807, 2.05) is 6.92 Å². The second kappa shape index (κ2) is 6.06. The zero-order chi connectivity index (χ0) is 9.56. The highest BCUT2D eigenvalue weighted by atomic mass is 16.5. The topological polar surface area (TPSA) is 12.5 Å². The molecule has 0 spiro atoms. The van der Waals surface area contributed by atoms with Gasteiger partial charge in [-0.05, 0) is 32.5 Å². The number of nitrogens with zero attached hydrogens (tertiary/aromatic N) is 1. The Morgan fingerprint density at radius 2 is 1.67 bits per heavy atom. The van der Waals surface area contributed by atoms with Gasteiger partial charge in [0.1, 0.15) is 0 Å². The number of hydrogen-bond acceptors (Lipinski definition) is 2. The van der Waals surface area contributed by atoms with Crippen LogP contribution < -0.4 is 0 Å². The van der Waals surface area contributed by atoms with Crippen LogP contribution in [0.15, 0.2) is 11.3 Å². The Labute approximate surface area is 76.2 Å². The van der Waals surface area contributed by atoms with Crippen LogP contribution in [-0.4, -0.2) is 31.6 Å². The third-order valence-electron chi connectivity index (χ3n) is 2.26. The Morgan fingerprint density at radius 1 is 1.17 bits per heavy atom. The second-order valence-corrected chi connectivity index (χ2v) is 3.00. The lowest BCUT2D eigenvalue weighted by Crippen LogP contribution is -2.25. The van der Waals surface area contributed by atoms with E-state index in [1.54, 1.807) is 7.11 Å². The number of likely N-dealkylation sites (N-methyl/N-ethyl adjacent to an activating group) is 1. The Kier molecular flexibility index (Phi) is 5.81. The Balaban J connectivity index is 4.05. The SMILES string of the molecule is CCN(CC)C/C(C)=C(\C)OC. The third-order valence-corrected chi connectivity index (χ3v) is 2.26. The summed E-state index contributed by atoms with van der Waals surface area (Å²) < 4.78 is 5.15. The lowest BCUT2D eigenvalue weighted by molar-refractivity contribution is 0.274. The van der Waals surface area contributed by atoms with Crippen LogP contribution in [0.4, 0.5) is 0 Å². The fraction of sp³-hybridized carbons (Fsp3) is 0.800. The predicted octanol–water partition coefficient (Wildman–Crippen LogP) is 2.27. The van der Waals surface area contributed by atoms with Crippen LogP contribution >= 0.6 is 0 Å². The largest absolute Gasteiger partial charge is 0.501 e. The molecule has 0 aliphatic carbocycles. The van der Waals surface area contributed by atoms with Crippen LogP contribution in [0, 0.1) is 0 Å². The average Bonchev–Trinajstić information content (AvgIpc) is 2.12. The molecule has 0 aromatic rings. The summed E-state index contributed by atoms with van der Waals surface area (Å²) in [5, 5.41) is 0. The summed E-state index contributed by atoms with van der Waals surface area (Å²) in [7, 11) is 1.72. The number of hydrogen-bond donors (Lipinski definition) is 0. The van der Waals surface area contributed by atoms with Gasteiger partial charge in [0, 0.05) is 6.54 Å². The fourth-order valence-electron chi connectivity index (χ4n) is 1.07. The highest BCUT2D eigenvalue weighted by Crippen LogP contribution is 2.05. The molecule has 0 N–H and O–H groups in total. The number of rotatable bonds is 5. The van der Waals surface area contributed by atoms with Crippen molar-refractivity contribution in [3.63, 3.8) is 0 Å². The van der Waals surface area contributed by atoms with Crippen molar-refractivity contribution in [2.75, 3.05) is 26.7 Å². The van der Waals surface area contributed by atoms with E-state index in [0.717, 1.165) is 25.4 Å². The molecule has 0 atom stereocenters. The zero-order valence-corrected chi connectivity index (χ0v) is 8.98. The van der Waals surface area contributed by atoms with E-state index in [4.69, 9.17) is 4.74 Å². The van der Waals surface area contributed by atoms with E-state index >= 15 is 0 Å². The maximum Gasteiger partial charge on any atom is 0.0926 e. The molecule has 0 aliphatic rings. The molecule has 0 amide bonds. The summed E-state index contributed by atoms with van der Waals surface area (Å²) in [6, 6.07) is 0. The van der Waals surface area contributed by atoms with Gasteiger partial charge in [0.05, 0.1) is 12.9 Å². The molecule has 12 heavy (non-hydrogen) atoms. The molecule has 0 saturated carbocycles. The molecule has 72 valence electrons. The number of ether oxygens (including phenoxy) is 1. The molecule has 0 unspecified atom stereocenters. The summed E-state index contributed by atoms with van der Waals surface area (Å²) in [4.78, 5) is 2.37. The maximum absolute atomic E-state index is 5.15. The van der Waals surface area contributed by atoms with E-state index in [2.05, 4.69) is 25.7 Å². The minimum absolute atomic E-state index is 1.02. The van der Waals surface area contributed by atoms with E-state index in [0.29, 0.717) is 0 Å². The molecule has 0 aromatic carbocycles. The molecule has 2 nitrogen and oxygen atoms in total. The van der Waals surface area contributed by atoms with E-state index in [-0.39, 0.29) is 0 Å². The van der Waals surface area contributed by atoms with Gasteiger partial charge in [0.15, 0.2) is 0 Å². The molecule has 2 heteroatoms. The molecule has 0 aliphatic heterocycles. The highest BCUT2D eigenvalue weighted by molar-refractivity contribution is 5.05. The quantitative estimate of drug-likeness (QED) is 0.588. The van der Waals surface area contributed by atoms with Crippen LogP contribution in [0.2, 0.25) is 0 Å². The summed E-state index contributed by atoms with van der Waals surface area (Å²) >= 11 is 0. The van der Waals surface area contributed by atoms with Crippen molar-refractivity contribution in [3.8, 4) is 0 Å². The summed E-state index contributed by atoms with van der Waals surface area (Å²) in [5.41, 5.74) is 1.32. The standard InChI is InChI=1S/C10H21NO/c1-6-11(7-2)8-9(3)10(4)12-5/h6-8H2,1-5H3/b10-9+. The molecule has 0 saturated heterocycles. The molecular formula is C10H21NO. The van der Waals surface area contributed by atoms with Gasteiger partial charge in [-0.2, -0.15) is 0 Å². The van der Waals surface area contributed by atoms with Crippen molar-refractivity contribution in [2.45, 2.75) is 27.7 Å². The first kappa shape index (κ1) is 11.5. The van der Waals surface area contributed by atoms with Gasteiger partial charge in [-0.25, -0.2) is 0 Å². The summed E-state index contributed by atoms with van der Waals surface area (Å²) in [6.45, 7) is 11.7.